The van der Waals surface area contributed by atoms with Crippen molar-refractivity contribution in [3.8, 4) is 0 Å². The average molecular weight is 448 g/mol. The Morgan fingerprint density at radius 2 is 1.66 bits per heavy atom. The molecule has 1 amide bonds. The summed E-state index contributed by atoms with van der Waals surface area (Å²) in [5.41, 5.74) is -0.685. The number of anilines is 1. The van der Waals surface area contributed by atoms with Crippen LogP contribution in [0.5, 0.6) is 0 Å². The monoisotopic (exact) mass is 447 g/mol. The zero-order valence-corrected chi connectivity index (χ0v) is 16.7. The number of nitrogens with one attached hydrogen (secondary N) is 2. The number of hydrogen-bond acceptors (Lipinski definition) is 5. The molecule has 1 aromatic carbocycles. The number of rotatable bonds is 5. The molecule has 1 heterocycles. The highest BCUT2D eigenvalue weighted by molar-refractivity contribution is 6.31. The highest BCUT2D eigenvalue weighted by atomic mass is 35.5. The Balaban J connectivity index is 1.51. The number of halogens is 5. The zero-order valence-electron chi connectivity index (χ0n) is 15.1. The standard InChI is InChI=1S/C18H18Cl2F3N5O/c19-15-26-16(20)28-17(27-15)25-12-7-5-10(6-8-12)14(29)24-9-11-3-1-2-4-13(11)18(21,22)23/h1-4,10,12H,5-9H2,(H,24,29)(H,25,26,27,28)/t10-,12+. The van der Waals surface area contributed by atoms with Crippen LogP contribution in [0.3, 0.4) is 0 Å². The van der Waals surface area contributed by atoms with E-state index in [2.05, 4.69) is 25.6 Å². The van der Waals surface area contributed by atoms with E-state index in [-0.39, 0.29) is 46.5 Å². The van der Waals surface area contributed by atoms with E-state index < -0.39 is 11.7 Å². The van der Waals surface area contributed by atoms with Crippen molar-refractivity contribution in [1.29, 1.82) is 0 Å². The highest BCUT2D eigenvalue weighted by Gasteiger charge is 2.33. The van der Waals surface area contributed by atoms with Gasteiger partial charge in [-0.1, -0.05) is 18.2 Å². The Bertz CT molecular complexity index is 853. The molecule has 1 saturated carbocycles. The van der Waals surface area contributed by atoms with Gasteiger partial charge in [0.25, 0.3) is 0 Å². The van der Waals surface area contributed by atoms with Gasteiger partial charge in [0.2, 0.25) is 22.4 Å². The Hall–Kier alpha value is -2.13. The van der Waals surface area contributed by atoms with Crippen LogP contribution in [0.25, 0.3) is 0 Å². The minimum absolute atomic E-state index is 0.0142. The van der Waals surface area contributed by atoms with Gasteiger partial charge in [-0.3, -0.25) is 4.79 Å². The molecular formula is C18H18Cl2F3N5O. The molecule has 0 atom stereocenters. The number of hydrogen-bond donors (Lipinski definition) is 2. The molecule has 0 bridgehead atoms. The van der Waals surface area contributed by atoms with Crippen LogP contribution in [-0.2, 0) is 17.5 Å². The van der Waals surface area contributed by atoms with Gasteiger partial charge in [-0.2, -0.15) is 28.1 Å². The van der Waals surface area contributed by atoms with Crippen molar-refractivity contribution in [1.82, 2.24) is 20.3 Å². The summed E-state index contributed by atoms with van der Waals surface area (Å²) in [5, 5.41) is 5.72. The average Bonchev–Trinajstić information content (AvgIpc) is 2.65. The first-order valence-corrected chi connectivity index (χ1v) is 9.74. The van der Waals surface area contributed by atoms with Crippen LogP contribution in [0.4, 0.5) is 19.1 Å². The quantitative estimate of drug-likeness (QED) is 0.705. The molecule has 2 N–H and O–H groups in total. The third kappa shape index (κ3) is 5.93. The number of aromatic nitrogens is 3. The van der Waals surface area contributed by atoms with Crippen molar-refractivity contribution in [3.05, 3.63) is 46.0 Å². The highest BCUT2D eigenvalue weighted by Crippen LogP contribution is 2.32. The number of amides is 1. The Kier molecular flexibility index (Phi) is 6.79. The van der Waals surface area contributed by atoms with Gasteiger partial charge in [-0.25, -0.2) is 0 Å². The van der Waals surface area contributed by atoms with Crippen LogP contribution >= 0.6 is 23.2 Å². The lowest BCUT2D eigenvalue weighted by Crippen LogP contribution is -2.36. The molecule has 1 aliphatic carbocycles. The fourth-order valence-electron chi connectivity index (χ4n) is 3.35. The Morgan fingerprint density at radius 3 is 2.28 bits per heavy atom. The van der Waals surface area contributed by atoms with Crippen molar-refractivity contribution >= 4 is 35.1 Å². The van der Waals surface area contributed by atoms with E-state index in [1.54, 1.807) is 0 Å². The SMILES string of the molecule is O=C(NCc1ccccc1C(F)(F)F)[C@H]1CC[C@@H](Nc2nc(Cl)nc(Cl)n2)CC1. The molecule has 1 aliphatic rings. The number of alkyl halides is 3. The summed E-state index contributed by atoms with van der Waals surface area (Å²) in [7, 11) is 0. The minimum Gasteiger partial charge on any atom is -0.352 e. The first-order chi connectivity index (χ1) is 13.7. The third-order valence-electron chi connectivity index (χ3n) is 4.79. The summed E-state index contributed by atoms with van der Waals surface area (Å²) in [6.45, 7) is -0.158. The van der Waals surface area contributed by atoms with E-state index in [4.69, 9.17) is 23.2 Å². The van der Waals surface area contributed by atoms with Gasteiger partial charge in [0, 0.05) is 18.5 Å². The smallest absolute Gasteiger partial charge is 0.352 e. The summed E-state index contributed by atoms with van der Waals surface area (Å²) >= 11 is 11.5. The van der Waals surface area contributed by atoms with Crippen LogP contribution in [0.2, 0.25) is 10.6 Å². The molecule has 29 heavy (non-hydrogen) atoms. The van der Waals surface area contributed by atoms with E-state index in [0.717, 1.165) is 6.07 Å². The van der Waals surface area contributed by atoms with E-state index in [1.165, 1.54) is 18.2 Å². The van der Waals surface area contributed by atoms with Crippen LogP contribution in [-0.4, -0.2) is 26.9 Å². The lowest BCUT2D eigenvalue weighted by Gasteiger charge is -2.28. The number of nitrogens with zero attached hydrogens (tertiary/aromatic N) is 3. The molecule has 0 saturated heterocycles. The molecule has 11 heteroatoms. The van der Waals surface area contributed by atoms with Gasteiger partial charge >= 0.3 is 6.18 Å². The van der Waals surface area contributed by atoms with Crippen LogP contribution in [0, 0.1) is 5.92 Å². The fraction of sp³-hybridized carbons (Fsp3) is 0.444. The molecule has 0 unspecified atom stereocenters. The second-order valence-electron chi connectivity index (χ2n) is 6.76. The predicted molar refractivity (Wildman–Crippen MR) is 103 cm³/mol. The second-order valence-corrected chi connectivity index (χ2v) is 7.44. The summed E-state index contributed by atoms with van der Waals surface area (Å²) < 4.78 is 39.1. The van der Waals surface area contributed by atoms with Gasteiger partial charge in [0.05, 0.1) is 5.56 Å². The van der Waals surface area contributed by atoms with E-state index in [0.29, 0.717) is 25.7 Å². The van der Waals surface area contributed by atoms with E-state index >= 15 is 0 Å². The summed E-state index contributed by atoms with van der Waals surface area (Å²) in [4.78, 5) is 24.0. The Morgan fingerprint density at radius 1 is 1.03 bits per heavy atom. The predicted octanol–water partition coefficient (Wildman–Crippen LogP) is 4.48. The first kappa shape index (κ1) is 21.6. The normalized spacial score (nSPS) is 19.6. The maximum atomic E-state index is 13.0. The largest absolute Gasteiger partial charge is 0.416 e. The van der Waals surface area contributed by atoms with E-state index in [9.17, 15) is 18.0 Å². The number of carbonyl (C=O) groups excluding carboxylic acids is 1. The van der Waals surface area contributed by atoms with Crippen molar-refractivity contribution in [2.45, 2.75) is 44.4 Å². The molecule has 0 aliphatic heterocycles. The zero-order chi connectivity index (χ0) is 21.0. The second kappa shape index (κ2) is 9.13. The number of carbonyl (C=O) groups is 1. The lowest BCUT2D eigenvalue weighted by molar-refractivity contribution is -0.138. The maximum absolute atomic E-state index is 13.0. The summed E-state index contributed by atoms with van der Waals surface area (Å²) in [6, 6.07) is 5.27. The first-order valence-electron chi connectivity index (χ1n) is 8.99. The van der Waals surface area contributed by atoms with Crippen molar-refractivity contribution in [3.63, 3.8) is 0 Å². The van der Waals surface area contributed by atoms with Gasteiger partial charge in [-0.05, 0) is 60.5 Å². The van der Waals surface area contributed by atoms with Gasteiger partial charge in [-0.15, -0.1) is 0 Å². The topological polar surface area (TPSA) is 79.8 Å². The molecule has 1 fully saturated rings. The van der Waals surface area contributed by atoms with Crippen LogP contribution in [0.1, 0.15) is 36.8 Å². The van der Waals surface area contributed by atoms with Crippen molar-refractivity contribution in [2.75, 3.05) is 5.32 Å². The molecule has 156 valence electrons. The Labute approximate surface area is 175 Å². The van der Waals surface area contributed by atoms with Crippen LogP contribution < -0.4 is 10.6 Å². The summed E-state index contributed by atoms with van der Waals surface area (Å²) in [6.07, 6.45) is -1.91. The molecule has 2 aromatic rings. The van der Waals surface area contributed by atoms with Gasteiger partial charge < -0.3 is 10.6 Å². The van der Waals surface area contributed by atoms with Crippen molar-refractivity contribution < 1.29 is 18.0 Å². The number of benzene rings is 1. The molecule has 0 radical (unpaired) electrons. The molecule has 0 spiro atoms. The lowest BCUT2D eigenvalue weighted by atomic mass is 9.85. The van der Waals surface area contributed by atoms with Gasteiger partial charge in [0.15, 0.2) is 0 Å². The van der Waals surface area contributed by atoms with Crippen molar-refractivity contribution in [2.24, 2.45) is 5.92 Å². The van der Waals surface area contributed by atoms with Crippen LogP contribution in [0.15, 0.2) is 24.3 Å². The van der Waals surface area contributed by atoms with E-state index in [1.807, 2.05) is 0 Å². The third-order valence-corrected chi connectivity index (χ3v) is 5.13. The minimum atomic E-state index is -4.45. The molecular weight excluding hydrogens is 430 g/mol. The fourth-order valence-corrected chi connectivity index (χ4v) is 3.71. The molecule has 3 rings (SSSR count). The van der Waals surface area contributed by atoms with Gasteiger partial charge in [0.1, 0.15) is 0 Å². The molecule has 6 nitrogen and oxygen atoms in total. The summed E-state index contributed by atoms with van der Waals surface area (Å²) in [5.74, 6) is -0.227. The maximum Gasteiger partial charge on any atom is 0.416 e. The molecule has 1 aromatic heterocycles.